The van der Waals surface area contributed by atoms with Crippen LogP contribution in [0.1, 0.15) is 26.3 Å². The van der Waals surface area contributed by atoms with Crippen molar-refractivity contribution in [1.29, 1.82) is 0 Å². The van der Waals surface area contributed by atoms with Crippen molar-refractivity contribution >= 4 is 5.97 Å². The predicted molar refractivity (Wildman–Crippen MR) is 69.1 cm³/mol. The zero-order chi connectivity index (χ0) is 12.9. The van der Waals surface area contributed by atoms with E-state index in [0.717, 1.165) is 6.54 Å². The fourth-order valence-electron chi connectivity index (χ4n) is 1.68. The van der Waals surface area contributed by atoms with E-state index in [0.29, 0.717) is 6.54 Å². The normalized spacial score (nSPS) is 13.4. The van der Waals surface area contributed by atoms with E-state index in [9.17, 15) is 4.79 Å². The summed E-state index contributed by atoms with van der Waals surface area (Å²) in [7, 11) is 0. The molecule has 0 fully saturated rings. The fraction of sp³-hybridized carbons (Fsp3) is 0.500. The molecule has 1 aromatic carbocycles. The number of carboxylic acid groups (broad SMARTS) is 1. The highest BCUT2D eigenvalue weighted by Gasteiger charge is 2.20. The van der Waals surface area contributed by atoms with Gasteiger partial charge in [-0.25, -0.2) is 0 Å². The zero-order valence-electron chi connectivity index (χ0n) is 10.7. The topological polar surface area (TPSA) is 49.3 Å². The van der Waals surface area contributed by atoms with Crippen molar-refractivity contribution < 1.29 is 9.90 Å². The molecule has 0 bridgehead atoms. The first-order valence-electron chi connectivity index (χ1n) is 5.92. The standard InChI is InChI=1S/C14H21NO2/c1-11(13(16)17)9-15-10-14(2,3)12-7-5-4-6-8-12/h4-8,11,15H,9-10H2,1-3H3,(H,16,17). The van der Waals surface area contributed by atoms with Crippen LogP contribution in [0.2, 0.25) is 0 Å². The molecule has 1 aromatic rings. The van der Waals surface area contributed by atoms with Gasteiger partial charge in [0.25, 0.3) is 0 Å². The summed E-state index contributed by atoms with van der Waals surface area (Å²) in [4.78, 5) is 10.7. The Morgan fingerprint density at radius 1 is 1.35 bits per heavy atom. The Balaban J connectivity index is 2.48. The summed E-state index contributed by atoms with van der Waals surface area (Å²) in [5.41, 5.74) is 1.27. The molecule has 1 atom stereocenters. The highest BCUT2D eigenvalue weighted by atomic mass is 16.4. The molecule has 0 aliphatic heterocycles. The second kappa shape index (κ2) is 5.82. The average molecular weight is 235 g/mol. The van der Waals surface area contributed by atoms with Crippen LogP contribution in [0.3, 0.4) is 0 Å². The van der Waals surface area contributed by atoms with Gasteiger partial charge in [-0.1, -0.05) is 51.1 Å². The number of aliphatic carboxylic acids is 1. The van der Waals surface area contributed by atoms with Gasteiger partial charge in [0.05, 0.1) is 5.92 Å². The van der Waals surface area contributed by atoms with Gasteiger partial charge in [-0.2, -0.15) is 0 Å². The van der Waals surface area contributed by atoms with Gasteiger partial charge in [0, 0.05) is 18.5 Å². The molecule has 3 nitrogen and oxygen atoms in total. The minimum Gasteiger partial charge on any atom is -0.481 e. The number of hydrogen-bond acceptors (Lipinski definition) is 2. The highest BCUT2D eigenvalue weighted by Crippen LogP contribution is 2.21. The van der Waals surface area contributed by atoms with E-state index < -0.39 is 5.97 Å². The molecule has 0 aliphatic rings. The quantitative estimate of drug-likeness (QED) is 0.795. The predicted octanol–water partition coefficient (Wildman–Crippen LogP) is 2.27. The summed E-state index contributed by atoms with van der Waals surface area (Å²) < 4.78 is 0. The molecule has 0 saturated heterocycles. The molecule has 3 heteroatoms. The number of carboxylic acids is 1. The second-order valence-electron chi connectivity index (χ2n) is 5.12. The van der Waals surface area contributed by atoms with E-state index in [4.69, 9.17) is 5.11 Å². The summed E-state index contributed by atoms with van der Waals surface area (Å²) in [5.74, 6) is -1.10. The van der Waals surface area contributed by atoms with E-state index in [1.165, 1.54) is 5.56 Å². The number of carbonyl (C=O) groups is 1. The van der Waals surface area contributed by atoms with Crippen molar-refractivity contribution in [2.75, 3.05) is 13.1 Å². The number of hydrogen-bond donors (Lipinski definition) is 2. The molecule has 17 heavy (non-hydrogen) atoms. The van der Waals surface area contributed by atoms with Gasteiger partial charge in [0.2, 0.25) is 0 Å². The molecule has 0 heterocycles. The number of rotatable bonds is 6. The van der Waals surface area contributed by atoms with E-state index in [1.54, 1.807) is 6.92 Å². The summed E-state index contributed by atoms with van der Waals surface area (Å²) in [6.07, 6.45) is 0. The monoisotopic (exact) mass is 235 g/mol. The average Bonchev–Trinajstić information content (AvgIpc) is 2.29. The molecular weight excluding hydrogens is 214 g/mol. The van der Waals surface area contributed by atoms with Gasteiger partial charge in [-0.3, -0.25) is 4.79 Å². The highest BCUT2D eigenvalue weighted by molar-refractivity contribution is 5.69. The van der Waals surface area contributed by atoms with Crippen molar-refractivity contribution in [2.24, 2.45) is 5.92 Å². The van der Waals surface area contributed by atoms with Gasteiger partial charge >= 0.3 is 5.97 Å². The van der Waals surface area contributed by atoms with Crippen LogP contribution in [-0.2, 0) is 10.2 Å². The molecule has 2 N–H and O–H groups in total. The van der Waals surface area contributed by atoms with Crippen LogP contribution in [-0.4, -0.2) is 24.2 Å². The maximum atomic E-state index is 10.7. The van der Waals surface area contributed by atoms with Crippen LogP contribution in [0.4, 0.5) is 0 Å². The first-order chi connectivity index (χ1) is 7.93. The Morgan fingerprint density at radius 2 is 1.94 bits per heavy atom. The Bertz CT molecular complexity index is 360. The molecule has 0 aromatic heterocycles. The summed E-state index contributed by atoms with van der Waals surface area (Å²) in [6, 6.07) is 10.2. The second-order valence-corrected chi connectivity index (χ2v) is 5.12. The number of nitrogens with one attached hydrogen (secondary N) is 1. The molecule has 0 saturated carbocycles. The largest absolute Gasteiger partial charge is 0.481 e. The Labute approximate surface area is 103 Å². The summed E-state index contributed by atoms with van der Waals surface area (Å²) in [5, 5.41) is 12.0. The van der Waals surface area contributed by atoms with E-state index in [1.807, 2.05) is 18.2 Å². The number of benzene rings is 1. The lowest BCUT2D eigenvalue weighted by Crippen LogP contribution is -2.36. The van der Waals surface area contributed by atoms with Gasteiger partial charge in [0.15, 0.2) is 0 Å². The zero-order valence-corrected chi connectivity index (χ0v) is 10.7. The molecule has 1 unspecified atom stereocenters. The third-order valence-electron chi connectivity index (χ3n) is 2.99. The molecule has 0 aliphatic carbocycles. The third-order valence-corrected chi connectivity index (χ3v) is 2.99. The van der Waals surface area contributed by atoms with Crippen molar-refractivity contribution in [3.63, 3.8) is 0 Å². The SMILES string of the molecule is CC(CNCC(C)(C)c1ccccc1)C(=O)O. The van der Waals surface area contributed by atoms with Crippen molar-refractivity contribution in [2.45, 2.75) is 26.2 Å². The Kier molecular flexibility index (Phi) is 4.70. The molecular formula is C14H21NO2. The van der Waals surface area contributed by atoms with Crippen LogP contribution < -0.4 is 5.32 Å². The first kappa shape index (κ1) is 13.7. The maximum absolute atomic E-state index is 10.7. The minimum atomic E-state index is -0.755. The lowest BCUT2D eigenvalue weighted by molar-refractivity contribution is -0.140. The van der Waals surface area contributed by atoms with Crippen LogP contribution >= 0.6 is 0 Å². The van der Waals surface area contributed by atoms with Gasteiger partial charge in [-0.05, 0) is 5.56 Å². The summed E-state index contributed by atoms with van der Waals surface area (Å²) in [6.45, 7) is 7.30. The summed E-state index contributed by atoms with van der Waals surface area (Å²) >= 11 is 0. The van der Waals surface area contributed by atoms with E-state index in [-0.39, 0.29) is 11.3 Å². The van der Waals surface area contributed by atoms with Crippen molar-refractivity contribution in [1.82, 2.24) is 5.32 Å². The van der Waals surface area contributed by atoms with E-state index >= 15 is 0 Å². The Hall–Kier alpha value is -1.35. The molecule has 94 valence electrons. The van der Waals surface area contributed by atoms with Crippen LogP contribution in [0.5, 0.6) is 0 Å². The lowest BCUT2D eigenvalue weighted by Gasteiger charge is -2.26. The van der Waals surface area contributed by atoms with Crippen molar-refractivity contribution in [3.05, 3.63) is 35.9 Å². The van der Waals surface area contributed by atoms with Crippen molar-refractivity contribution in [3.8, 4) is 0 Å². The van der Waals surface area contributed by atoms with Crippen LogP contribution in [0.25, 0.3) is 0 Å². The Morgan fingerprint density at radius 3 is 2.47 bits per heavy atom. The maximum Gasteiger partial charge on any atom is 0.307 e. The van der Waals surface area contributed by atoms with Gasteiger partial charge in [0.1, 0.15) is 0 Å². The molecule has 0 amide bonds. The lowest BCUT2D eigenvalue weighted by atomic mass is 9.84. The molecule has 0 spiro atoms. The van der Waals surface area contributed by atoms with Gasteiger partial charge < -0.3 is 10.4 Å². The minimum absolute atomic E-state index is 0.0134. The van der Waals surface area contributed by atoms with Gasteiger partial charge in [-0.15, -0.1) is 0 Å². The van der Waals surface area contributed by atoms with Crippen LogP contribution in [0, 0.1) is 5.92 Å². The molecule has 1 rings (SSSR count). The first-order valence-corrected chi connectivity index (χ1v) is 5.92. The van der Waals surface area contributed by atoms with Crippen LogP contribution in [0.15, 0.2) is 30.3 Å². The third kappa shape index (κ3) is 4.19. The van der Waals surface area contributed by atoms with E-state index in [2.05, 4.69) is 31.3 Å². The smallest absolute Gasteiger partial charge is 0.307 e. The fourth-order valence-corrected chi connectivity index (χ4v) is 1.68. The molecule has 0 radical (unpaired) electrons.